The fourth-order valence-electron chi connectivity index (χ4n) is 3.07. The van der Waals surface area contributed by atoms with Crippen molar-refractivity contribution >= 4 is 16.7 Å². The van der Waals surface area contributed by atoms with E-state index in [-0.39, 0.29) is 6.04 Å². The molecule has 0 aliphatic heterocycles. The predicted molar refractivity (Wildman–Crippen MR) is 94.8 cm³/mol. The number of aromatic amines is 1. The number of rotatable bonds is 4. The Morgan fingerprint density at radius 2 is 1.75 bits per heavy atom. The van der Waals surface area contributed by atoms with E-state index < -0.39 is 0 Å². The second kappa shape index (κ2) is 6.12. The first-order valence-corrected chi connectivity index (χ1v) is 7.82. The number of benzene rings is 1. The van der Waals surface area contributed by atoms with Gasteiger partial charge in [0.25, 0.3) is 0 Å². The van der Waals surface area contributed by atoms with Gasteiger partial charge in [0.15, 0.2) is 0 Å². The van der Waals surface area contributed by atoms with E-state index in [4.69, 9.17) is 0 Å². The van der Waals surface area contributed by atoms with Gasteiger partial charge in [0, 0.05) is 40.8 Å². The van der Waals surface area contributed by atoms with E-state index in [0.717, 1.165) is 22.6 Å². The topological polar surface area (TPSA) is 66.5 Å². The Kier molecular flexibility index (Phi) is 3.67. The number of fused-ring (bicyclic) bond motifs is 1. The van der Waals surface area contributed by atoms with Crippen molar-refractivity contribution in [3.63, 3.8) is 0 Å². The van der Waals surface area contributed by atoms with Crippen molar-refractivity contribution in [2.24, 2.45) is 0 Å². The molecule has 1 aromatic carbocycles. The van der Waals surface area contributed by atoms with Crippen LogP contribution in [-0.4, -0.2) is 19.9 Å². The molecule has 3 aromatic heterocycles. The second-order valence-electron chi connectivity index (χ2n) is 5.66. The highest BCUT2D eigenvalue weighted by atomic mass is 15.0. The Hall–Kier alpha value is -3.21. The summed E-state index contributed by atoms with van der Waals surface area (Å²) in [6, 6.07) is 14.2. The van der Waals surface area contributed by atoms with Crippen LogP contribution in [0.3, 0.4) is 0 Å². The maximum absolute atomic E-state index is 4.32. The number of para-hydroxylation sites is 1. The molecule has 118 valence electrons. The summed E-state index contributed by atoms with van der Waals surface area (Å²) in [5.74, 6) is 0.788. The third-order valence-corrected chi connectivity index (χ3v) is 4.15. The van der Waals surface area contributed by atoms with E-state index >= 15 is 0 Å². The first-order chi connectivity index (χ1) is 11.8. The van der Waals surface area contributed by atoms with Crippen LogP contribution in [0.4, 0.5) is 5.82 Å². The molecule has 0 saturated carbocycles. The summed E-state index contributed by atoms with van der Waals surface area (Å²) in [5, 5.41) is 4.74. The van der Waals surface area contributed by atoms with E-state index in [1.165, 1.54) is 10.9 Å². The van der Waals surface area contributed by atoms with Gasteiger partial charge in [-0.3, -0.25) is 4.98 Å². The molecule has 0 fully saturated rings. The molecule has 0 amide bonds. The normalized spacial score (nSPS) is 12.2. The zero-order valence-electron chi connectivity index (χ0n) is 13.3. The molecule has 4 rings (SSSR count). The lowest BCUT2D eigenvalue weighted by molar-refractivity contribution is 0.913. The Morgan fingerprint density at radius 3 is 2.54 bits per heavy atom. The van der Waals surface area contributed by atoms with Crippen molar-refractivity contribution in [2.75, 3.05) is 5.32 Å². The third-order valence-electron chi connectivity index (χ3n) is 4.15. The SMILES string of the molecule is Cc1[nH]c2ccccc2c1C(Nc1ccncn1)c1ccncc1. The number of aromatic nitrogens is 4. The first-order valence-electron chi connectivity index (χ1n) is 7.82. The van der Waals surface area contributed by atoms with Crippen LogP contribution in [0.2, 0.25) is 0 Å². The lowest BCUT2D eigenvalue weighted by atomic mass is 9.96. The average molecular weight is 315 g/mol. The van der Waals surface area contributed by atoms with Crippen LogP contribution in [0.1, 0.15) is 22.9 Å². The quantitative estimate of drug-likeness (QED) is 0.600. The van der Waals surface area contributed by atoms with Gasteiger partial charge in [-0.25, -0.2) is 9.97 Å². The van der Waals surface area contributed by atoms with Crippen LogP contribution in [0.5, 0.6) is 0 Å². The molecule has 0 bridgehead atoms. The van der Waals surface area contributed by atoms with Gasteiger partial charge in [-0.1, -0.05) is 18.2 Å². The Balaban J connectivity index is 1.87. The summed E-state index contributed by atoms with van der Waals surface area (Å²) < 4.78 is 0. The zero-order chi connectivity index (χ0) is 16.4. The Morgan fingerprint density at radius 1 is 0.958 bits per heavy atom. The van der Waals surface area contributed by atoms with Gasteiger partial charge in [0.1, 0.15) is 12.1 Å². The molecule has 1 unspecified atom stereocenters. The summed E-state index contributed by atoms with van der Waals surface area (Å²) in [4.78, 5) is 15.9. The molecule has 24 heavy (non-hydrogen) atoms. The zero-order valence-corrected chi connectivity index (χ0v) is 13.3. The van der Waals surface area contributed by atoms with Crippen molar-refractivity contribution in [1.82, 2.24) is 19.9 Å². The van der Waals surface area contributed by atoms with E-state index in [2.05, 4.69) is 50.4 Å². The highest BCUT2D eigenvalue weighted by Crippen LogP contribution is 2.33. The predicted octanol–water partition coefficient (Wildman–Crippen LogP) is 3.86. The number of aryl methyl sites for hydroxylation is 1. The molecular weight excluding hydrogens is 298 g/mol. The molecule has 0 spiro atoms. The highest BCUT2D eigenvalue weighted by Gasteiger charge is 2.21. The summed E-state index contributed by atoms with van der Waals surface area (Å²) in [7, 11) is 0. The highest BCUT2D eigenvalue weighted by molar-refractivity contribution is 5.86. The number of hydrogen-bond donors (Lipinski definition) is 2. The number of pyridine rings is 1. The largest absolute Gasteiger partial charge is 0.359 e. The Labute approximate surface area is 139 Å². The fourth-order valence-corrected chi connectivity index (χ4v) is 3.07. The molecular formula is C19H17N5. The molecule has 0 aliphatic carbocycles. The molecule has 5 heteroatoms. The van der Waals surface area contributed by atoms with Gasteiger partial charge in [-0.05, 0) is 36.8 Å². The van der Waals surface area contributed by atoms with Gasteiger partial charge >= 0.3 is 0 Å². The molecule has 0 radical (unpaired) electrons. The summed E-state index contributed by atoms with van der Waals surface area (Å²) >= 11 is 0. The Bertz CT molecular complexity index is 947. The minimum Gasteiger partial charge on any atom is -0.359 e. The van der Waals surface area contributed by atoms with Crippen molar-refractivity contribution in [1.29, 1.82) is 0 Å². The number of nitrogens with zero attached hydrogens (tertiary/aromatic N) is 3. The molecule has 3 heterocycles. The van der Waals surface area contributed by atoms with Crippen LogP contribution in [0.15, 0.2) is 67.4 Å². The second-order valence-corrected chi connectivity index (χ2v) is 5.66. The standard InChI is InChI=1S/C19H17N5/c1-13-18(15-4-2-3-5-16(15)23-13)19(14-6-9-20-10-7-14)24-17-8-11-21-12-22-17/h2-12,19,23H,1H3,(H,21,22,24). The van der Waals surface area contributed by atoms with Crippen molar-refractivity contribution in [3.8, 4) is 0 Å². The van der Waals surface area contributed by atoms with Crippen LogP contribution in [0, 0.1) is 6.92 Å². The monoisotopic (exact) mass is 315 g/mol. The molecule has 2 N–H and O–H groups in total. The minimum atomic E-state index is -0.0287. The lowest BCUT2D eigenvalue weighted by Gasteiger charge is -2.20. The number of hydrogen-bond acceptors (Lipinski definition) is 4. The van der Waals surface area contributed by atoms with Crippen molar-refractivity contribution in [3.05, 3.63) is 84.2 Å². The van der Waals surface area contributed by atoms with Crippen LogP contribution < -0.4 is 5.32 Å². The third kappa shape index (κ3) is 2.60. The van der Waals surface area contributed by atoms with E-state index in [1.54, 1.807) is 12.5 Å². The fraction of sp³-hybridized carbons (Fsp3) is 0.105. The van der Waals surface area contributed by atoms with Gasteiger partial charge in [0.2, 0.25) is 0 Å². The molecule has 5 nitrogen and oxygen atoms in total. The van der Waals surface area contributed by atoms with Crippen molar-refractivity contribution in [2.45, 2.75) is 13.0 Å². The van der Waals surface area contributed by atoms with Gasteiger partial charge in [0.05, 0.1) is 6.04 Å². The summed E-state index contributed by atoms with van der Waals surface area (Å²) in [6.07, 6.45) is 6.91. The molecule has 4 aromatic rings. The number of nitrogens with one attached hydrogen (secondary N) is 2. The smallest absolute Gasteiger partial charge is 0.130 e. The van der Waals surface area contributed by atoms with Gasteiger partial charge < -0.3 is 10.3 Å². The van der Waals surface area contributed by atoms with Crippen LogP contribution in [-0.2, 0) is 0 Å². The van der Waals surface area contributed by atoms with Crippen LogP contribution in [0.25, 0.3) is 10.9 Å². The molecule has 0 aliphatic rings. The summed E-state index contributed by atoms with van der Waals surface area (Å²) in [6.45, 7) is 2.10. The van der Waals surface area contributed by atoms with Gasteiger partial charge in [-0.2, -0.15) is 0 Å². The minimum absolute atomic E-state index is 0.0287. The summed E-state index contributed by atoms with van der Waals surface area (Å²) in [5.41, 5.74) is 4.62. The molecule has 1 atom stereocenters. The first kappa shape index (κ1) is 14.4. The number of anilines is 1. The maximum Gasteiger partial charge on any atom is 0.130 e. The van der Waals surface area contributed by atoms with E-state index in [0.29, 0.717) is 0 Å². The maximum atomic E-state index is 4.32. The number of H-pyrrole nitrogens is 1. The van der Waals surface area contributed by atoms with E-state index in [1.807, 2.05) is 36.7 Å². The molecule has 0 saturated heterocycles. The van der Waals surface area contributed by atoms with Crippen LogP contribution >= 0.6 is 0 Å². The lowest BCUT2D eigenvalue weighted by Crippen LogP contribution is -2.14. The van der Waals surface area contributed by atoms with E-state index in [9.17, 15) is 0 Å². The average Bonchev–Trinajstić information content (AvgIpc) is 2.97. The van der Waals surface area contributed by atoms with Gasteiger partial charge in [-0.15, -0.1) is 0 Å². The van der Waals surface area contributed by atoms with Crippen molar-refractivity contribution < 1.29 is 0 Å².